The number of nitrogens with zero attached hydrogens (tertiary/aromatic N) is 1. The number of hydrogen-bond acceptors (Lipinski definition) is 6. The highest BCUT2D eigenvalue weighted by Crippen LogP contribution is 2.61. The van der Waals surface area contributed by atoms with Crippen molar-refractivity contribution in [2.24, 2.45) is 5.41 Å². The summed E-state index contributed by atoms with van der Waals surface area (Å²) in [5, 5.41) is 13.0. The van der Waals surface area contributed by atoms with E-state index >= 15 is 0 Å². The maximum absolute atomic E-state index is 14.5. The SMILES string of the molecule is CC1=CCC[C@@]2(C)[C@@H](CC[C@@]23CN(CCc2cccs2)C(=O)O3)c2ccc(cc2C(=O)c2ccc(-c3cc(C(F)(F)F)ccc3Cl)o2)C[C@@H](O)CC1. The van der Waals surface area contributed by atoms with E-state index < -0.39 is 34.6 Å². The molecule has 8 rings (SSSR count). The molecule has 3 aliphatic carbocycles. The smallest absolute Gasteiger partial charge is 0.416 e. The first kappa shape index (κ1) is 36.5. The molecule has 1 amide bonds. The summed E-state index contributed by atoms with van der Waals surface area (Å²) in [6.45, 7) is 5.28. The number of benzene rings is 2. The summed E-state index contributed by atoms with van der Waals surface area (Å²) < 4.78 is 53.1. The second kappa shape index (κ2) is 14.2. The number of carbonyl (C=O) groups is 2. The van der Waals surface area contributed by atoms with E-state index in [9.17, 15) is 27.9 Å². The molecule has 1 N–H and O–H groups in total. The van der Waals surface area contributed by atoms with E-state index in [4.69, 9.17) is 20.8 Å². The number of carbonyl (C=O) groups excluding carboxylic acids is 2. The molecule has 3 heterocycles. The number of amides is 1. The lowest BCUT2D eigenvalue weighted by atomic mass is 9.65. The molecule has 0 unspecified atom stereocenters. The van der Waals surface area contributed by atoms with Crippen LogP contribution in [0.3, 0.4) is 0 Å². The van der Waals surface area contributed by atoms with Crippen LogP contribution in [0.15, 0.2) is 82.1 Å². The van der Waals surface area contributed by atoms with E-state index in [0.717, 1.165) is 48.6 Å². The molecule has 6 nitrogen and oxygen atoms in total. The number of allylic oxidation sites excluding steroid dienone is 2. The maximum Gasteiger partial charge on any atom is 0.416 e. The van der Waals surface area contributed by atoms with Crippen molar-refractivity contribution in [1.82, 2.24) is 4.90 Å². The van der Waals surface area contributed by atoms with Gasteiger partial charge in [-0.25, -0.2) is 4.79 Å². The molecule has 4 atom stereocenters. The van der Waals surface area contributed by atoms with Crippen LogP contribution in [0.4, 0.5) is 18.0 Å². The van der Waals surface area contributed by atoms with Crippen LogP contribution in [0, 0.1) is 5.41 Å². The molecular weight excluding hydrogens is 711 g/mol. The maximum atomic E-state index is 14.5. The highest BCUT2D eigenvalue weighted by Gasteiger charge is 2.63. The van der Waals surface area contributed by atoms with Crippen LogP contribution >= 0.6 is 22.9 Å². The minimum atomic E-state index is -4.58. The number of halogens is 4. The number of aliphatic hydroxyl groups is 1. The third kappa shape index (κ3) is 6.97. The lowest BCUT2D eigenvalue weighted by Crippen LogP contribution is -2.48. The van der Waals surface area contributed by atoms with Gasteiger partial charge in [0.15, 0.2) is 5.76 Å². The van der Waals surface area contributed by atoms with Gasteiger partial charge in [0.1, 0.15) is 11.4 Å². The lowest BCUT2D eigenvalue weighted by molar-refractivity contribution is -0.137. The topological polar surface area (TPSA) is 80.0 Å². The van der Waals surface area contributed by atoms with Crippen molar-refractivity contribution in [1.29, 1.82) is 0 Å². The number of fused-ring (bicyclic) bond motifs is 8. The van der Waals surface area contributed by atoms with Gasteiger partial charge in [-0.05, 0) is 123 Å². The van der Waals surface area contributed by atoms with Gasteiger partial charge in [0.2, 0.25) is 5.78 Å². The van der Waals surface area contributed by atoms with Gasteiger partial charge < -0.3 is 19.2 Å². The number of furan rings is 1. The van der Waals surface area contributed by atoms with Crippen molar-refractivity contribution in [2.45, 2.75) is 89.0 Å². The average Bonchev–Trinajstić information content (AvgIpc) is 3.91. The van der Waals surface area contributed by atoms with Crippen molar-refractivity contribution < 1.29 is 37.0 Å². The van der Waals surface area contributed by atoms with Crippen molar-refractivity contribution >= 4 is 34.8 Å². The number of ketones is 1. The first-order valence-corrected chi connectivity index (χ1v) is 19.0. The van der Waals surface area contributed by atoms with Gasteiger partial charge in [-0.15, -0.1) is 11.3 Å². The van der Waals surface area contributed by atoms with Crippen LogP contribution in [0.1, 0.15) is 96.0 Å². The van der Waals surface area contributed by atoms with Gasteiger partial charge in [0.25, 0.3) is 0 Å². The molecule has 2 aromatic carbocycles. The van der Waals surface area contributed by atoms with Gasteiger partial charge in [-0.3, -0.25) is 4.79 Å². The monoisotopic (exact) mass is 751 g/mol. The Morgan fingerprint density at radius 1 is 1.10 bits per heavy atom. The normalized spacial score (nSPS) is 25.2. The van der Waals surface area contributed by atoms with Gasteiger partial charge in [-0.1, -0.05) is 48.4 Å². The molecular formula is C41H41ClF3NO5S. The highest BCUT2D eigenvalue weighted by molar-refractivity contribution is 7.09. The van der Waals surface area contributed by atoms with Crippen LogP contribution in [-0.4, -0.2) is 46.7 Å². The van der Waals surface area contributed by atoms with E-state index in [1.54, 1.807) is 11.3 Å². The summed E-state index contributed by atoms with van der Waals surface area (Å²) >= 11 is 7.98. The van der Waals surface area contributed by atoms with Gasteiger partial charge in [0, 0.05) is 28.0 Å². The molecule has 0 radical (unpaired) electrons. The molecule has 1 saturated heterocycles. The van der Waals surface area contributed by atoms with E-state index in [-0.39, 0.29) is 34.1 Å². The van der Waals surface area contributed by atoms with Crippen molar-refractivity contribution in [3.8, 4) is 11.3 Å². The summed E-state index contributed by atoms with van der Waals surface area (Å²) in [6.07, 6.45) is 1.84. The Balaban J connectivity index is 1.27. The molecule has 1 spiro atoms. The van der Waals surface area contributed by atoms with Crippen LogP contribution < -0.4 is 0 Å². The quantitative estimate of drug-likeness (QED) is 0.157. The summed E-state index contributed by atoms with van der Waals surface area (Å²) in [5.41, 5.74) is 1.02. The second-order valence-electron chi connectivity index (χ2n) is 14.7. The van der Waals surface area contributed by atoms with E-state index in [0.29, 0.717) is 50.8 Å². The van der Waals surface area contributed by atoms with E-state index in [1.807, 2.05) is 34.5 Å². The Labute approximate surface area is 310 Å². The molecule has 2 bridgehead atoms. The number of thiophene rings is 1. The third-order valence-corrected chi connectivity index (χ3v) is 12.7. The lowest BCUT2D eigenvalue weighted by Gasteiger charge is -2.43. The Morgan fingerprint density at radius 2 is 1.92 bits per heavy atom. The number of hydrogen-bond donors (Lipinski definition) is 1. The summed E-state index contributed by atoms with van der Waals surface area (Å²) in [7, 11) is 0. The summed E-state index contributed by atoms with van der Waals surface area (Å²) in [4.78, 5) is 31.0. The van der Waals surface area contributed by atoms with E-state index in [2.05, 4.69) is 26.0 Å². The van der Waals surface area contributed by atoms with Crippen LogP contribution in [-0.2, 0) is 23.8 Å². The molecule has 1 aliphatic heterocycles. The Bertz CT molecular complexity index is 2000. The second-order valence-corrected chi connectivity index (χ2v) is 16.2. The van der Waals surface area contributed by atoms with Crippen LogP contribution in [0.25, 0.3) is 11.3 Å². The molecule has 4 aromatic rings. The molecule has 2 aromatic heterocycles. The number of ether oxygens (including phenoxy) is 1. The minimum absolute atomic E-state index is 0.0300. The Hall–Kier alpha value is -3.86. The fourth-order valence-corrected chi connectivity index (χ4v) is 9.39. The first-order valence-electron chi connectivity index (χ1n) is 17.7. The largest absolute Gasteiger partial charge is 0.453 e. The highest BCUT2D eigenvalue weighted by atomic mass is 35.5. The number of alkyl halides is 3. The van der Waals surface area contributed by atoms with Crippen molar-refractivity contribution in [3.63, 3.8) is 0 Å². The van der Waals surface area contributed by atoms with Gasteiger partial charge in [-0.2, -0.15) is 13.2 Å². The summed E-state index contributed by atoms with van der Waals surface area (Å²) in [5.74, 6) is -0.585. The number of rotatable bonds is 6. The summed E-state index contributed by atoms with van der Waals surface area (Å²) in [6, 6.07) is 15.7. The minimum Gasteiger partial charge on any atom is -0.453 e. The predicted octanol–water partition coefficient (Wildman–Crippen LogP) is 10.7. The molecule has 52 heavy (non-hydrogen) atoms. The molecule has 2 fully saturated rings. The standard InChI is InChI=1S/C41H41ClF3NO5S/c1-25-5-3-17-39(2)33(15-18-40(39)24-46(38(49)51-40)19-16-29-6-4-20-52-29)30-11-8-26(21-28(47)10-7-25)22-31(30)37(48)36-14-13-35(50-36)32-23-27(41(43,44)45)9-12-34(32)42/h4-6,8-9,11-14,20,22-23,28,33,47H,3,7,10,15-19,21,24H2,1-2H3/t28-,33-,39-,40+/m0/s1. The molecule has 11 heteroatoms. The Morgan fingerprint density at radius 3 is 2.69 bits per heavy atom. The molecule has 1 saturated carbocycles. The zero-order valence-corrected chi connectivity index (χ0v) is 30.7. The molecule has 274 valence electrons. The van der Waals surface area contributed by atoms with E-state index in [1.165, 1.54) is 22.6 Å². The average molecular weight is 752 g/mol. The van der Waals surface area contributed by atoms with Crippen LogP contribution in [0.2, 0.25) is 5.02 Å². The van der Waals surface area contributed by atoms with Gasteiger partial charge in [0.05, 0.1) is 23.2 Å². The van der Waals surface area contributed by atoms with Crippen LogP contribution in [0.5, 0.6) is 0 Å². The Kier molecular flexibility index (Phi) is 9.95. The fraction of sp³-hybridized carbons (Fsp3) is 0.415. The first-order chi connectivity index (χ1) is 24.8. The molecule has 4 aliphatic rings. The fourth-order valence-electron chi connectivity index (χ4n) is 8.48. The predicted molar refractivity (Wildman–Crippen MR) is 195 cm³/mol. The third-order valence-electron chi connectivity index (χ3n) is 11.5. The zero-order chi connectivity index (χ0) is 36.8. The number of aliphatic hydroxyl groups excluding tert-OH is 1. The zero-order valence-electron chi connectivity index (χ0n) is 29.1. The van der Waals surface area contributed by atoms with Crippen molar-refractivity contribution in [2.75, 3.05) is 13.1 Å². The van der Waals surface area contributed by atoms with Gasteiger partial charge >= 0.3 is 12.3 Å². The van der Waals surface area contributed by atoms with Crippen molar-refractivity contribution in [3.05, 3.63) is 116 Å².